The van der Waals surface area contributed by atoms with Crippen LogP contribution in [-0.2, 0) is 13.1 Å². The van der Waals surface area contributed by atoms with E-state index in [4.69, 9.17) is 4.52 Å². The van der Waals surface area contributed by atoms with Crippen molar-refractivity contribution < 1.29 is 9.32 Å². The number of amides is 1. The molecule has 1 amide bonds. The molecule has 1 aromatic carbocycles. The molecule has 3 aromatic rings. The first kappa shape index (κ1) is 17.0. The van der Waals surface area contributed by atoms with Gasteiger partial charge in [0.2, 0.25) is 0 Å². The van der Waals surface area contributed by atoms with Crippen LogP contribution < -0.4 is 5.32 Å². The molecule has 5 heteroatoms. The maximum absolute atomic E-state index is 12.6. The highest BCUT2D eigenvalue weighted by Gasteiger charge is 2.17. The average Bonchev–Trinajstić information content (AvgIpc) is 3.07. The minimum atomic E-state index is -0.0765. The lowest BCUT2D eigenvalue weighted by Crippen LogP contribution is -2.24. The van der Waals surface area contributed by atoms with E-state index in [-0.39, 0.29) is 5.91 Å². The highest BCUT2D eigenvalue weighted by Crippen LogP contribution is 2.18. The summed E-state index contributed by atoms with van der Waals surface area (Å²) >= 11 is 0. The number of rotatable bonds is 5. The molecular weight excluding hydrogens is 314 g/mol. The van der Waals surface area contributed by atoms with E-state index in [9.17, 15) is 4.79 Å². The van der Waals surface area contributed by atoms with Gasteiger partial charge in [-0.3, -0.25) is 4.79 Å². The Labute approximate surface area is 147 Å². The number of hydrogen-bond acceptors (Lipinski definition) is 3. The van der Waals surface area contributed by atoms with Gasteiger partial charge >= 0.3 is 0 Å². The number of aryl methyl sites for hydroxylation is 3. The van der Waals surface area contributed by atoms with Crippen molar-refractivity contribution in [1.82, 2.24) is 15.0 Å². The second-order valence-electron chi connectivity index (χ2n) is 6.34. The van der Waals surface area contributed by atoms with E-state index in [0.29, 0.717) is 12.1 Å². The Kier molecular flexibility index (Phi) is 4.74. The van der Waals surface area contributed by atoms with Crippen LogP contribution in [0.3, 0.4) is 0 Å². The van der Waals surface area contributed by atoms with Crippen LogP contribution in [0.4, 0.5) is 0 Å². The molecule has 5 nitrogen and oxygen atoms in total. The summed E-state index contributed by atoms with van der Waals surface area (Å²) in [5.41, 5.74) is 5.72. The summed E-state index contributed by atoms with van der Waals surface area (Å²) in [5, 5.41) is 6.90. The Hall–Kier alpha value is -2.82. The van der Waals surface area contributed by atoms with Crippen molar-refractivity contribution in [2.45, 2.75) is 40.8 Å². The van der Waals surface area contributed by atoms with Crippen LogP contribution in [0.25, 0.3) is 0 Å². The molecule has 130 valence electrons. The largest absolute Gasteiger partial charge is 0.361 e. The lowest BCUT2D eigenvalue weighted by atomic mass is 10.2. The van der Waals surface area contributed by atoms with Crippen molar-refractivity contribution in [3.63, 3.8) is 0 Å². The summed E-state index contributed by atoms with van der Waals surface area (Å²) in [5.74, 6) is 0.666. The molecule has 0 fully saturated rings. The second kappa shape index (κ2) is 6.97. The molecular formula is C20H23N3O2. The molecule has 0 atom stereocenters. The summed E-state index contributed by atoms with van der Waals surface area (Å²) in [6.45, 7) is 8.93. The molecule has 0 spiro atoms. The van der Waals surface area contributed by atoms with Gasteiger partial charge < -0.3 is 14.4 Å². The third kappa shape index (κ3) is 3.50. The molecule has 0 aliphatic heterocycles. The fraction of sp³-hybridized carbons (Fsp3) is 0.300. The first-order chi connectivity index (χ1) is 12.0. The average molecular weight is 337 g/mol. The zero-order valence-electron chi connectivity index (χ0n) is 15.1. The number of carbonyl (C=O) groups excluding carboxylic acids is 1. The van der Waals surface area contributed by atoms with Crippen LogP contribution in [0.5, 0.6) is 0 Å². The van der Waals surface area contributed by atoms with Crippen molar-refractivity contribution >= 4 is 5.91 Å². The van der Waals surface area contributed by atoms with Crippen LogP contribution in [0.15, 0.2) is 40.9 Å². The smallest absolute Gasteiger partial charge is 0.253 e. The molecule has 1 N–H and O–H groups in total. The van der Waals surface area contributed by atoms with Crippen molar-refractivity contribution in [3.05, 3.63) is 75.9 Å². The molecule has 0 saturated carbocycles. The predicted molar refractivity (Wildman–Crippen MR) is 96.6 cm³/mol. The molecule has 3 rings (SSSR count). The Bertz CT molecular complexity index is 872. The number of nitrogens with zero attached hydrogens (tertiary/aromatic N) is 2. The Morgan fingerprint density at radius 3 is 2.52 bits per heavy atom. The van der Waals surface area contributed by atoms with Crippen molar-refractivity contribution in [2.75, 3.05) is 0 Å². The van der Waals surface area contributed by atoms with Crippen LogP contribution in [0.2, 0.25) is 0 Å². The molecule has 0 aliphatic carbocycles. The quantitative estimate of drug-likeness (QED) is 0.772. The molecule has 2 heterocycles. The fourth-order valence-corrected chi connectivity index (χ4v) is 3.06. The van der Waals surface area contributed by atoms with Crippen LogP contribution in [0.1, 0.15) is 44.3 Å². The van der Waals surface area contributed by atoms with Crippen LogP contribution in [0, 0.1) is 27.7 Å². The van der Waals surface area contributed by atoms with Gasteiger partial charge in [-0.1, -0.05) is 35.5 Å². The van der Waals surface area contributed by atoms with Gasteiger partial charge in [-0.05, 0) is 39.3 Å². The number of aromatic nitrogens is 2. The van der Waals surface area contributed by atoms with E-state index < -0.39 is 0 Å². The second-order valence-corrected chi connectivity index (χ2v) is 6.34. The highest BCUT2D eigenvalue weighted by atomic mass is 16.5. The third-order valence-electron chi connectivity index (χ3n) is 4.61. The predicted octanol–water partition coefficient (Wildman–Crippen LogP) is 3.69. The number of hydrogen-bond donors (Lipinski definition) is 1. The summed E-state index contributed by atoms with van der Waals surface area (Å²) < 4.78 is 7.31. The maximum atomic E-state index is 12.6. The topological polar surface area (TPSA) is 60.1 Å². The van der Waals surface area contributed by atoms with Gasteiger partial charge in [-0.15, -0.1) is 0 Å². The molecule has 0 radical (unpaired) electrons. The van der Waals surface area contributed by atoms with Gasteiger partial charge in [-0.2, -0.15) is 0 Å². The minimum absolute atomic E-state index is 0.0765. The van der Waals surface area contributed by atoms with E-state index in [1.54, 1.807) is 0 Å². The summed E-state index contributed by atoms with van der Waals surface area (Å²) in [4.78, 5) is 12.6. The monoisotopic (exact) mass is 337 g/mol. The van der Waals surface area contributed by atoms with Gasteiger partial charge in [0.15, 0.2) is 0 Å². The van der Waals surface area contributed by atoms with E-state index in [1.165, 1.54) is 5.56 Å². The standard InChI is InChI=1S/C20H23N3O2/c1-13-10-18(15(3)23(13)12-17-8-6-5-7-9-17)20(24)21-11-19-14(2)22-25-16(19)4/h5-10H,11-12H2,1-4H3,(H,21,24). The van der Waals surface area contributed by atoms with E-state index in [1.807, 2.05) is 52.0 Å². The van der Waals surface area contributed by atoms with Gasteiger partial charge in [0, 0.05) is 30.0 Å². The summed E-state index contributed by atoms with van der Waals surface area (Å²) in [6, 6.07) is 12.2. The lowest BCUT2D eigenvalue weighted by Gasteiger charge is -2.10. The minimum Gasteiger partial charge on any atom is -0.361 e. The third-order valence-corrected chi connectivity index (χ3v) is 4.61. The Morgan fingerprint density at radius 2 is 1.88 bits per heavy atom. The van der Waals surface area contributed by atoms with Gasteiger partial charge in [0.1, 0.15) is 5.76 Å². The zero-order valence-corrected chi connectivity index (χ0v) is 15.1. The van der Waals surface area contributed by atoms with Crippen LogP contribution in [-0.4, -0.2) is 15.6 Å². The van der Waals surface area contributed by atoms with Gasteiger partial charge in [0.05, 0.1) is 11.3 Å². The molecule has 0 unspecified atom stereocenters. The van der Waals surface area contributed by atoms with Crippen molar-refractivity contribution in [1.29, 1.82) is 0 Å². The number of nitrogens with one attached hydrogen (secondary N) is 1. The fourth-order valence-electron chi connectivity index (χ4n) is 3.06. The molecule has 0 bridgehead atoms. The Balaban J connectivity index is 1.76. The first-order valence-electron chi connectivity index (χ1n) is 8.38. The lowest BCUT2D eigenvalue weighted by molar-refractivity contribution is 0.0950. The Morgan fingerprint density at radius 1 is 1.16 bits per heavy atom. The zero-order chi connectivity index (χ0) is 18.0. The van der Waals surface area contributed by atoms with Crippen LogP contribution >= 0.6 is 0 Å². The van der Waals surface area contributed by atoms with E-state index in [2.05, 4.69) is 27.2 Å². The first-order valence-corrected chi connectivity index (χ1v) is 8.38. The maximum Gasteiger partial charge on any atom is 0.253 e. The van der Waals surface area contributed by atoms with E-state index >= 15 is 0 Å². The molecule has 2 aromatic heterocycles. The normalized spacial score (nSPS) is 10.9. The van der Waals surface area contributed by atoms with Crippen molar-refractivity contribution in [3.8, 4) is 0 Å². The van der Waals surface area contributed by atoms with Gasteiger partial charge in [-0.25, -0.2) is 0 Å². The summed E-state index contributed by atoms with van der Waals surface area (Å²) in [7, 11) is 0. The highest BCUT2D eigenvalue weighted by molar-refractivity contribution is 5.95. The molecule has 25 heavy (non-hydrogen) atoms. The molecule has 0 aliphatic rings. The SMILES string of the molecule is Cc1noc(C)c1CNC(=O)c1cc(C)n(Cc2ccccc2)c1C. The van der Waals surface area contributed by atoms with E-state index in [0.717, 1.165) is 35.0 Å². The number of carbonyl (C=O) groups is 1. The summed E-state index contributed by atoms with van der Waals surface area (Å²) in [6.07, 6.45) is 0. The van der Waals surface area contributed by atoms with Gasteiger partial charge in [0.25, 0.3) is 5.91 Å². The number of benzene rings is 1. The van der Waals surface area contributed by atoms with Crippen molar-refractivity contribution in [2.24, 2.45) is 0 Å². The molecule has 0 saturated heterocycles.